The summed E-state index contributed by atoms with van der Waals surface area (Å²) in [6.07, 6.45) is 3.52. The second-order valence-corrected chi connectivity index (χ2v) is 9.35. The Bertz CT molecular complexity index is 757. The van der Waals surface area contributed by atoms with Gasteiger partial charge in [0.15, 0.2) is 0 Å². The Kier molecular flexibility index (Phi) is 4.25. The fourth-order valence-corrected chi connectivity index (χ4v) is 4.05. The van der Waals surface area contributed by atoms with Crippen LogP contribution < -0.4 is 5.32 Å². The summed E-state index contributed by atoms with van der Waals surface area (Å²) in [4.78, 5) is 31.7. The maximum atomic E-state index is 13.0. The molecule has 1 N–H and O–H groups in total. The van der Waals surface area contributed by atoms with Crippen LogP contribution in [0.25, 0.3) is 0 Å². The normalized spacial score (nSPS) is 27.1. The highest BCUT2D eigenvalue weighted by Crippen LogP contribution is 2.49. The average molecular weight is 422 g/mol. The van der Waals surface area contributed by atoms with Crippen LogP contribution in [0.3, 0.4) is 0 Å². The van der Waals surface area contributed by atoms with Gasteiger partial charge in [0.1, 0.15) is 22.1 Å². The highest BCUT2D eigenvalue weighted by molar-refractivity contribution is 9.10. The number of likely N-dealkylation sites (tertiary alicyclic amines) is 1. The first-order chi connectivity index (χ1) is 12.2. The van der Waals surface area contributed by atoms with E-state index in [0.717, 1.165) is 24.8 Å². The van der Waals surface area contributed by atoms with Gasteiger partial charge in [0.25, 0.3) is 0 Å². The molecule has 7 heteroatoms. The van der Waals surface area contributed by atoms with Crippen LogP contribution >= 0.6 is 15.9 Å². The van der Waals surface area contributed by atoms with Gasteiger partial charge < -0.3 is 10.1 Å². The summed E-state index contributed by atoms with van der Waals surface area (Å²) < 4.78 is 6.21. The van der Waals surface area contributed by atoms with Gasteiger partial charge in [0.2, 0.25) is 5.91 Å². The van der Waals surface area contributed by atoms with Crippen molar-refractivity contribution in [1.82, 2.24) is 9.88 Å². The number of aromatic nitrogens is 1. The topological polar surface area (TPSA) is 71.5 Å². The van der Waals surface area contributed by atoms with E-state index in [1.807, 2.05) is 32.9 Å². The Hall–Kier alpha value is -1.63. The van der Waals surface area contributed by atoms with E-state index < -0.39 is 17.7 Å². The molecule has 2 saturated carbocycles. The number of anilines is 1. The number of amides is 2. The van der Waals surface area contributed by atoms with Crippen molar-refractivity contribution >= 4 is 33.7 Å². The standard InChI is InChI=1S/C19H24BrN3O3/c1-19(2,3)26-18(25)23-13-8-11(13)9-14(23)17(24)22-16-12(10-4-5-10)6-7-15(20)21-16/h6-7,10-11,13-14H,4-5,8-9H2,1-3H3,(H,21,22,24)/t11-,13-,14+/m1/s1. The number of piperidine rings is 1. The van der Waals surface area contributed by atoms with Gasteiger partial charge in [-0.1, -0.05) is 6.07 Å². The van der Waals surface area contributed by atoms with E-state index in [-0.39, 0.29) is 11.9 Å². The number of carbonyl (C=O) groups is 2. The summed E-state index contributed by atoms with van der Waals surface area (Å²) in [6, 6.07) is 3.57. The number of pyridine rings is 1. The number of fused-ring (bicyclic) bond motifs is 1. The molecule has 3 aliphatic rings. The number of hydrogen-bond donors (Lipinski definition) is 1. The van der Waals surface area contributed by atoms with Gasteiger partial charge in [0.05, 0.1) is 0 Å². The summed E-state index contributed by atoms with van der Waals surface area (Å²) in [7, 11) is 0. The highest BCUT2D eigenvalue weighted by Gasteiger charge is 2.57. The third kappa shape index (κ3) is 3.59. The van der Waals surface area contributed by atoms with E-state index in [4.69, 9.17) is 4.74 Å². The zero-order chi connectivity index (χ0) is 18.6. The smallest absolute Gasteiger partial charge is 0.411 e. The predicted octanol–water partition coefficient (Wildman–Crippen LogP) is 4.06. The van der Waals surface area contributed by atoms with Gasteiger partial charge in [-0.3, -0.25) is 9.69 Å². The van der Waals surface area contributed by atoms with Crippen molar-refractivity contribution in [3.8, 4) is 0 Å². The first kappa shape index (κ1) is 17.8. The average Bonchev–Trinajstić information content (AvgIpc) is 3.44. The SMILES string of the molecule is CC(C)(C)OC(=O)N1[C@@H]2C[C@@H]2C[C@H]1C(=O)Nc1nc(Br)ccc1C1CC1. The number of carbonyl (C=O) groups excluding carboxylic acids is 2. The third-order valence-electron chi connectivity index (χ3n) is 5.16. The molecule has 1 aliphatic heterocycles. The molecule has 140 valence electrons. The minimum Gasteiger partial charge on any atom is -0.444 e. The van der Waals surface area contributed by atoms with Crippen LogP contribution in [0.4, 0.5) is 10.6 Å². The number of halogens is 1. The van der Waals surface area contributed by atoms with Crippen LogP contribution in [0.15, 0.2) is 16.7 Å². The third-order valence-corrected chi connectivity index (χ3v) is 5.60. The molecule has 2 heterocycles. The van der Waals surface area contributed by atoms with E-state index >= 15 is 0 Å². The zero-order valence-electron chi connectivity index (χ0n) is 15.3. The number of nitrogens with zero attached hydrogens (tertiary/aromatic N) is 2. The lowest BCUT2D eigenvalue weighted by molar-refractivity contribution is -0.121. The van der Waals surface area contributed by atoms with Crippen molar-refractivity contribution in [3.05, 3.63) is 22.3 Å². The Morgan fingerprint density at radius 2 is 2.00 bits per heavy atom. The summed E-state index contributed by atoms with van der Waals surface area (Å²) in [6.45, 7) is 5.52. The van der Waals surface area contributed by atoms with Crippen molar-refractivity contribution in [2.75, 3.05) is 5.32 Å². The molecular weight excluding hydrogens is 398 g/mol. The number of hydrogen-bond acceptors (Lipinski definition) is 4. The molecule has 0 spiro atoms. The van der Waals surface area contributed by atoms with Crippen LogP contribution in [-0.4, -0.2) is 39.6 Å². The molecule has 4 rings (SSSR count). The van der Waals surface area contributed by atoms with Gasteiger partial charge in [-0.25, -0.2) is 9.78 Å². The van der Waals surface area contributed by atoms with Gasteiger partial charge in [0, 0.05) is 6.04 Å². The quantitative estimate of drug-likeness (QED) is 0.746. The summed E-state index contributed by atoms with van der Waals surface area (Å²) in [5.41, 5.74) is 0.504. The second-order valence-electron chi connectivity index (χ2n) is 8.54. The molecule has 2 aliphatic carbocycles. The summed E-state index contributed by atoms with van der Waals surface area (Å²) in [5, 5.41) is 2.97. The summed E-state index contributed by atoms with van der Waals surface area (Å²) in [5.74, 6) is 1.33. The monoisotopic (exact) mass is 421 g/mol. The molecule has 6 nitrogen and oxygen atoms in total. The molecule has 0 unspecified atom stereocenters. The number of rotatable bonds is 3. The molecule has 3 fully saturated rings. The highest BCUT2D eigenvalue weighted by atomic mass is 79.9. The fraction of sp³-hybridized carbons (Fsp3) is 0.632. The van der Waals surface area contributed by atoms with Gasteiger partial charge in [-0.2, -0.15) is 0 Å². The lowest BCUT2D eigenvalue weighted by Crippen LogP contribution is -2.47. The lowest BCUT2D eigenvalue weighted by Gasteiger charge is -2.30. The minimum absolute atomic E-state index is 0.138. The van der Waals surface area contributed by atoms with Crippen molar-refractivity contribution in [3.63, 3.8) is 0 Å². The molecule has 1 aromatic rings. The molecule has 2 amide bonds. The largest absolute Gasteiger partial charge is 0.444 e. The Morgan fingerprint density at radius 1 is 1.27 bits per heavy atom. The fourth-order valence-electron chi connectivity index (χ4n) is 3.74. The molecule has 0 radical (unpaired) electrons. The maximum absolute atomic E-state index is 13.0. The van der Waals surface area contributed by atoms with Gasteiger partial charge in [-0.05, 0) is 85.9 Å². The van der Waals surface area contributed by atoms with Crippen LogP contribution in [0.1, 0.15) is 57.9 Å². The van der Waals surface area contributed by atoms with Crippen LogP contribution in [0, 0.1) is 5.92 Å². The molecule has 0 bridgehead atoms. The first-order valence-electron chi connectivity index (χ1n) is 9.21. The first-order valence-corrected chi connectivity index (χ1v) is 10.0. The Morgan fingerprint density at radius 3 is 2.65 bits per heavy atom. The lowest BCUT2D eigenvalue weighted by atomic mass is 10.1. The van der Waals surface area contributed by atoms with E-state index in [1.54, 1.807) is 4.90 Å². The molecule has 1 saturated heterocycles. The van der Waals surface area contributed by atoms with E-state index in [0.29, 0.717) is 28.7 Å². The summed E-state index contributed by atoms with van der Waals surface area (Å²) >= 11 is 3.38. The molecule has 26 heavy (non-hydrogen) atoms. The second kappa shape index (κ2) is 6.22. The molecule has 1 aromatic heterocycles. The minimum atomic E-state index is -0.573. The van der Waals surface area contributed by atoms with Crippen molar-refractivity contribution in [2.24, 2.45) is 5.92 Å². The van der Waals surface area contributed by atoms with Crippen LogP contribution in [0.2, 0.25) is 0 Å². The van der Waals surface area contributed by atoms with Crippen LogP contribution in [0.5, 0.6) is 0 Å². The van der Waals surface area contributed by atoms with Crippen LogP contribution in [-0.2, 0) is 9.53 Å². The Balaban J connectivity index is 1.51. The van der Waals surface area contributed by atoms with Crippen molar-refractivity contribution in [2.45, 2.75) is 70.1 Å². The Labute approximate surface area is 161 Å². The molecule has 0 aromatic carbocycles. The van der Waals surface area contributed by atoms with Gasteiger partial charge in [-0.15, -0.1) is 0 Å². The molecular formula is C19H24BrN3O3. The van der Waals surface area contributed by atoms with Gasteiger partial charge >= 0.3 is 6.09 Å². The predicted molar refractivity (Wildman–Crippen MR) is 101 cm³/mol. The van der Waals surface area contributed by atoms with E-state index in [9.17, 15) is 9.59 Å². The zero-order valence-corrected chi connectivity index (χ0v) is 16.9. The number of nitrogens with one attached hydrogen (secondary N) is 1. The maximum Gasteiger partial charge on any atom is 0.411 e. The van der Waals surface area contributed by atoms with Crippen molar-refractivity contribution < 1.29 is 14.3 Å². The van der Waals surface area contributed by atoms with Crippen molar-refractivity contribution in [1.29, 1.82) is 0 Å². The van der Waals surface area contributed by atoms with E-state index in [1.165, 1.54) is 0 Å². The molecule has 3 atom stereocenters. The number of ether oxygens (including phenoxy) is 1. The van der Waals surface area contributed by atoms with E-state index in [2.05, 4.69) is 26.2 Å².